The first kappa shape index (κ1) is 17.2. The summed E-state index contributed by atoms with van der Waals surface area (Å²) in [5.41, 5.74) is 0.961. The summed E-state index contributed by atoms with van der Waals surface area (Å²) < 4.78 is 13.0. The van der Waals surface area contributed by atoms with Gasteiger partial charge in [-0.15, -0.1) is 0 Å². The second-order valence-electron chi connectivity index (χ2n) is 5.74. The first-order valence-electron chi connectivity index (χ1n) is 7.66. The quantitative estimate of drug-likeness (QED) is 0.843. The van der Waals surface area contributed by atoms with Crippen molar-refractivity contribution in [3.8, 4) is 0 Å². The van der Waals surface area contributed by atoms with Crippen molar-refractivity contribution in [2.24, 2.45) is 0 Å². The summed E-state index contributed by atoms with van der Waals surface area (Å²) in [4.78, 5) is 27.0. The van der Waals surface area contributed by atoms with Crippen molar-refractivity contribution in [3.63, 3.8) is 0 Å². The van der Waals surface area contributed by atoms with Crippen LogP contribution >= 0.6 is 0 Å². The average molecular weight is 323 g/mol. The highest BCUT2D eigenvalue weighted by Crippen LogP contribution is 2.17. The van der Waals surface area contributed by atoms with Crippen molar-refractivity contribution in [2.45, 2.75) is 25.9 Å². The van der Waals surface area contributed by atoms with Crippen LogP contribution in [-0.4, -0.2) is 60.1 Å². The molecule has 0 spiro atoms. The van der Waals surface area contributed by atoms with E-state index in [0.29, 0.717) is 13.1 Å². The fraction of sp³-hybridized carbons (Fsp3) is 0.500. The molecule has 126 valence electrons. The summed E-state index contributed by atoms with van der Waals surface area (Å²) in [6, 6.07) is 5.08. The van der Waals surface area contributed by atoms with E-state index in [1.807, 2.05) is 4.90 Å². The first-order chi connectivity index (χ1) is 10.9. The standard InChI is InChI=1S/C16H22FN3O3/c1-11(16(22)23)18-15(21)12(2)19-7-9-20(10-8-19)14-5-3-13(17)4-6-14/h3-6,11-12H,7-10H2,1-2H3,(H,18,21)(H,22,23)/t11-,12-/m1/s1. The molecule has 1 saturated heterocycles. The number of carboxylic acids is 1. The lowest BCUT2D eigenvalue weighted by atomic mass is 10.2. The molecule has 2 atom stereocenters. The zero-order valence-electron chi connectivity index (χ0n) is 13.3. The minimum Gasteiger partial charge on any atom is -0.480 e. The molecule has 1 aromatic carbocycles. The number of hydrogen-bond donors (Lipinski definition) is 2. The average Bonchev–Trinajstić information content (AvgIpc) is 2.55. The Bertz CT molecular complexity index is 556. The molecule has 1 heterocycles. The highest BCUT2D eigenvalue weighted by Gasteiger charge is 2.27. The van der Waals surface area contributed by atoms with Crippen LogP contribution in [0.2, 0.25) is 0 Å². The van der Waals surface area contributed by atoms with Gasteiger partial charge in [0.05, 0.1) is 6.04 Å². The number of nitrogens with zero attached hydrogens (tertiary/aromatic N) is 2. The maximum atomic E-state index is 13.0. The fourth-order valence-electron chi connectivity index (χ4n) is 2.58. The SMILES string of the molecule is C[C@H](C(=O)N[C@H](C)C(=O)O)N1CCN(c2ccc(F)cc2)CC1. The molecule has 0 unspecified atom stereocenters. The molecule has 0 aromatic heterocycles. The van der Waals surface area contributed by atoms with Crippen LogP contribution in [0.5, 0.6) is 0 Å². The predicted octanol–water partition coefficient (Wildman–Crippen LogP) is 0.925. The number of carbonyl (C=O) groups is 2. The third-order valence-electron chi connectivity index (χ3n) is 4.16. The van der Waals surface area contributed by atoms with Crippen molar-refractivity contribution < 1.29 is 19.1 Å². The van der Waals surface area contributed by atoms with E-state index < -0.39 is 12.0 Å². The van der Waals surface area contributed by atoms with E-state index in [9.17, 15) is 14.0 Å². The van der Waals surface area contributed by atoms with E-state index in [-0.39, 0.29) is 17.8 Å². The summed E-state index contributed by atoms with van der Waals surface area (Å²) in [7, 11) is 0. The Morgan fingerprint density at radius 1 is 1.13 bits per heavy atom. The number of halogens is 1. The molecule has 7 heteroatoms. The number of rotatable bonds is 5. The van der Waals surface area contributed by atoms with Crippen molar-refractivity contribution in [3.05, 3.63) is 30.1 Å². The molecule has 1 aromatic rings. The molecular weight excluding hydrogens is 301 g/mol. The Balaban J connectivity index is 1.87. The van der Waals surface area contributed by atoms with Gasteiger partial charge in [0.1, 0.15) is 11.9 Å². The number of benzene rings is 1. The van der Waals surface area contributed by atoms with Gasteiger partial charge in [-0.3, -0.25) is 14.5 Å². The number of piperazine rings is 1. The predicted molar refractivity (Wildman–Crippen MR) is 84.9 cm³/mol. The highest BCUT2D eigenvalue weighted by atomic mass is 19.1. The molecule has 0 aliphatic carbocycles. The summed E-state index contributed by atoms with van der Waals surface area (Å²) >= 11 is 0. The lowest BCUT2D eigenvalue weighted by Crippen LogP contribution is -2.55. The Labute approximate surface area is 134 Å². The Hall–Kier alpha value is -2.15. The van der Waals surface area contributed by atoms with Gasteiger partial charge in [-0.1, -0.05) is 0 Å². The zero-order valence-corrected chi connectivity index (χ0v) is 13.3. The molecule has 2 N–H and O–H groups in total. The summed E-state index contributed by atoms with van der Waals surface area (Å²) in [6.07, 6.45) is 0. The smallest absolute Gasteiger partial charge is 0.325 e. The maximum absolute atomic E-state index is 13.0. The van der Waals surface area contributed by atoms with Crippen LogP contribution in [0.25, 0.3) is 0 Å². The number of carbonyl (C=O) groups excluding carboxylic acids is 1. The molecule has 1 fully saturated rings. The molecule has 1 amide bonds. The first-order valence-corrected chi connectivity index (χ1v) is 7.66. The van der Waals surface area contributed by atoms with Gasteiger partial charge in [-0.05, 0) is 38.1 Å². The van der Waals surface area contributed by atoms with E-state index in [0.717, 1.165) is 18.8 Å². The molecule has 6 nitrogen and oxygen atoms in total. The van der Waals surface area contributed by atoms with Crippen LogP contribution in [-0.2, 0) is 9.59 Å². The summed E-state index contributed by atoms with van der Waals surface area (Å²) in [6.45, 7) is 6.06. The maximum Gasteiger partial charge on any atom is 0.325 e. The Kier molecular flexibility index (Phi) is 5.54. The number of anilines is 1. The lowest BCUT2D eigenvalue weighted by molar-refractivity contribution is -0.142. The van der Waals surface area contributed by atoms with Crippen LogP contribution in [0.1, 0.15) is 13.8 Å². The Morgan fingerprint density at radius 2 is 1.70 bits per heavy atom. The van der Waals surface area contributed by atoms with Crippen molar-refractivity contribution in [1.29, 1.82) is 0 Å². The van der Waals surface area contributed by atoms with Gasteiger partial charge in [0.25, 0.3) is 0 Å². The molecule has 2 rings (SSSR count). The van der Waals surface area contributed by atoms with E-state index in [1.165, 1.54) is 19.1 Å². The summed E-state index contributed by atoms with van der Waals surface area (Å²) in [5.74, 6) is -1.59. The van der Waals surface area contributed by atoms with Crippen LogP contribution in [0.3, 0.4) is 0 Å². The monoisotopic (exact) mass is 323 g/mol. The van der Waals surface area contributed by atoms with Gasteiger partial charge in [0, 0.05) is 31.9 Å². The molecule has 23 heavy (non-hydrogen) atoms. The summed E-state index contributed by atoms with van der Waals surface area (Å²) in [5, 5.41) is 11.3. The number of aliphatic carboxylic acids is 1. The van der Waals surface area contributed by atoms with E-state index >= 15 is 0 Å². The number of carboxylic acid groups (broad SMARTS) is 1. The minimum atomic E-state index is -1.05. The second kappa shape index (κ2) is 7.41. The molecule has 0 saturated carbocycles. The molecule has 0 bridgehead atoms. The van der Waals surface area contributed by atoms with E-state index in [4.69, 9.17) is 5.11 Å². The van der Waals surface area contributed by atoms with Crippen molar-refractivity contribution in [1.82, 2.24) is 10.2 Å². The lowest BCUT2D eigenvalue weighted by Gasteiger charge is -2.38. The van der Waals surface area contributed by atoms with Crippen LogP contribution in [0.15, 0.2) is 24.3 Å². The van der Waals surface area contributed by atoms with Crippen LogP contribution in [0.4, 0.5) is 10.1 Å². The number of amides is 1. The molecule has 0 radical (unpaired) electrons. The van der Waals surface area contributed by atoms with Crippen LogP contribution in [0, 0.1) is 5.82 Å². The minimum absolute atomic E-state index is 0.259. The topological polar surface area (TPSA) is 72.9 Å². The van der Waals surface area contributed by atoms with Crippen molar-refractivity contribution in [2.75, 3.05) is 31.1 Å². The van der Waals surface area contributed by atoms with Gasteiger partial charge in [-0.25, -0.2) is 4.39 Å². The zero-order chi connectivity index (χ0) is 17.0. The molecule has 1 aliphatic rings. The number of hydrogen-bond acceptors (Lipinski definition) is 4. The van der Waals surface area contributed by atoms with Gasteiger partial charge in [0.2, 0.25) is 5.91 Å². The Morgan fingerprint density at radius 3 is 2.22 bits per heavy atom. The second-order valence-corrected chi connectivity index (χ2v) is 5.74. The molecule has 1 aliphatic heterocycles. The third kappa shape index (κ3) is 4.41. The normalized spacial score (nSPS) is 18.3. The van der Waals surface area contributed by atoms with Crippen LogP contribution < -0.4 is 10.2 Å². The van der Waals surface area contributed by atoms with Gasteiger partial charge >= 0.3 is 5.97 Å². The van der Waals surface area contributed by atoms with Gasteiger partial charge in [0.15, 0.2) is 0 Å². The van der Waals surface area contributed by atoms with Crippen molar-refractivity contribution >= 4 is 17.6 Å². The van der Waals surface area contributed by atoms with E-state index in [2.05, 4.69) is 10.2 Å². The van der Waals surface area contributed by atoms with Gasteiger partial charge in [-0.2, -0.15) is 0 Å². The largest absolute Gasteiger partial charge is 0.480 e. The van der Waals surface area contributed by atoms with E-state index in [1.54, 1.807) is 19.1 Å². The number of nitrogens with one attached hydrogen (secondary N) is 1. The third-order valence-corrected chi connectivity index (χ3v) is 4.16. The van der Waals surface area contributed by atoms with Gasteiger partial charge < -0.3 is 15.3 Å². The fourth-order valence-corrected chi connectivity index (χ4v) is 2.58. The highest BCUT2D eigenvalue weighted by molar-refractivity contribution is 5.86. The molecular formula is C16H22FN3O3.